The number of nitrogens with zero attached hydrogens (tertiary/aromatic N) is 2. The zero-order valence-electron chi connectivity index (χ0n) is 10.5. The molecule has 2 rings (SSSR count). The van der Waals surface area contributed by atoms with Gasteiger partial charge in [-0.05, 0) is 41.9 Å². The van der Waals surface area contributed by atoms with Crippen LogP contribution in [-0.4, -0.2) is 9.78 Å². The lowest BCUT2D eigenvalue weighted by Crippen LogP contribution is -2.07. The summed E-state index contributed by atoms with van der Waals surface area (Å²) in [6, 6.07) is 5.96. The van der Waals surface area contributed by atoms with Gasteiger partial charge in [-0.2, -0.15) is 5.10 Å². The van der Waals surface area contributed by atoms with Crippen molar-refractivity contribution in [1.82, 2.24) is 9.78 Å². The Bertz CT molecular complexity index is 565. The van der Waals surface area contributed by atoms with Crippen molar-refractivity contribution >= 4 is 33.2 Å². The van der Waals surface area contributed by atoms with Crippen LogP contribution >= 0.6 is 27.5 Å². The Hall–Kier alpha value is -1.000. The first kappa shape index (κ1) is 13.4. The number of anilines is 1. The van der Waals surface area contributed by atoms with Crippen LogP contribution in [0.3, 0.4) is 0 Å². The monoisotopic (exact) mass is 327 g/mol. The molecule has 18 heavy (non-hydrogen) atoms. The molecule has 0 bridgehead atoms. The molecule has 0 aliphatic heterocycles. The predicted molar refractivity (Wildman–Crippen MR) is 79.1 cm³/mol. The zero-order valence-corrected chi connectivity index (χ0v) is 12.9. The topological polar surface area (TPSA) is 29.9 Å². The van der Waals surface area contributed by atoms with Gasteiger partial charge in [0.25, 0.3) is 0 Å². The third-order valence-electron chi connectivity index (χ3n) is 2.84. The average Bonchev–Trinajstić information content (AvgIpc) is 2.64. The van der Waals surface area contributed by atoms with Crippen molar-refractivity contribution in [2.45, 2.75) is 19.9 Å². The molecule has 1 atom stereocenters. The van der Waals surface area contributed by atoms with Crippen molar-refractivity contribution in [3.05, 3.63) is 45.1 Å². The molecule has 96 valence electrons. The van der Waals surface area contributed by atoms with E-state index in [1.54, 1.807) is 0 Å². The molecule has 0 spiro atoms. The number of aryl methyl sites for hydroxylation is 2. The summed E-state index contributed by atoms with van der Waals surface area (Å²) in [5.74, 6) is 0. The molecule has 0 amide bonds. The summed E-state index contributed by atoms with van der Waals surface area (Å²) in [5, 5.41) is 8.49. The summed E-state index contributed by atoms with van der Waals surface area (Å²) < 4.78 is 2.72. The largest absolute Gasteiger partial charge is 0.377 e. The first-order valence-corrected chi connectivity index (χ1v) is 6.87. The van der Waals surface area contributed by atoms with Gasteiger partial charge in [0, 0.05) is 18.8 Å². The molecule has 0 radical (unpaired) electrons. The minimum absolute atomic E-state index is 0.175. The van der Waals surface area contributed by atoms with Gasteiger partial charge in [0.05, 0.1) is 26.9 Å². The fraction of sp³-hybridized carbons (Fsp3) is 0.308. The summed E-state index contributed by atoms with van der Waals surface area (Å²) in [4.78, 5) is 0. The molecule has 0 saturated heterocycles. The van der Waals surface area contributed by atoms with Gasteiger partial charge in [-0.15, -0.1) is 0 Å². The van der Waals surface area contributed by atoms with Crippen LogP contribution in [0.1, 0.15) is 24.2 Å². The maximum atomic E-state index is 6.08. The van der Waals surface area contributed by atoms with Crippen molar-refractivity contribution in [2.75, 3.05) is 5.32 Å². The standard InChI is InChI=1S/C13H15BrClN3/c1-8(10-7-18(3)17-9(10)2)16-12-6-4-5-11(15)13(12)14/h4-8,16H,1-3H3. The van der Waals surface area contributed by atoms with Crippen molar-refractivity contribution in [2.24, 2.45) is 7.05 Å². The molecule has 2 aromatic rings. The molecule has 0 aliphatic rings. The van der Waals surface area contributed by atoms with Crippen LogP contribution in [0.5, 0.6) is 0 Å². The highest BCUT2D eigenvalue weighted by Crippen LogP contribution is 2.32. The predicted octanol–water partition coefficient (Wildman–Crippen LogP) is 4.32. The number of benzene rings is 1. The normalized spacial score (nSPS) is 12.5. The zero-order chi connectivity index (χ0) is 13.3. The molecule has 1 N–H and O–H groups in total. The van der Waals surface area contributed by atoms with Crippen LogP contribution in [0.15, 0.2) is 28.9 Å². The summed E-state index contributed by atoms with van der Waals surface area (Å²) in [5.41, 5.74) is 3.21. The molecule has 1 heterocycles. The third kappa shape index (κ3) is 2.70. The van der Waals surface area contributed by atoms with Gasteiger partial charge in [-0.3, -0.25) is 4.68 Å². The quantitative estimate of drug-likeness (QED) is 0.909. The number of hydrogen-bond acceptors (Lipinski definition) is 2. The minimum Gasteiger partial charge on any atom is -0.377 e. The molecule has 0 aliphatic carbocycles. The Kier molecular flexibility index (Phi) is 3.97. The molecule has 0 saturated carbocycles. The second-order valence-corrected chi connectivity index (χ2v) is 5.51. The molecular formula is C13H15BrClN3. The van der Waals surface area contributed by atoms with Gasteiger partial charge < -0.3 is 5.32 Å². The molecule has 0 fully saturated rings. The van der Waals surface area contributed by atoms with Crippen molar-refractivity contribution < 1.29 is 0 Å². The lowest BCUT2D eigenvalue weighted by molar-refractivity contribution is 0.756. The summed E-state index contributed by atoms with van der Waals surface area (Å²) in [7, 11) is 1.93. The van der Waals surface area contributed by atoms with Crippen LogP contribution in [0.4, 0.5) is 5.69 Å². The van der Waals surface area contributed by atoms with Gasteiger partial charge in [0.2, 0.25) is 0 Å². The summed E-state index contributed by atoms with van der Waals surface area (Å²) in [6.45, 7) is 4.12. The van der Waals surface area contributed by atoms with Crippen molar-refractivity contribution in [3.63, 3.8) is 0 Å². The maximum absolute atomic E-state index is 6.08. The second kappa shape index (κ2) is 5.33. The van der Waals surface area contributed by atoms with E-state index in [0.29, 0.717) is 5.02 Å². The number of hydrogen-bond donors (Lipinski definition) is 1. The molecule has 1 aromatic carbocycles. The number of halogens is 2. The smallest absolute Gasteiger partial charge is 0.0646 e. The van der Waals surface area contributed by atoms with Crippen LogP contribution in [0, 0.1) is 6.92 Å². The van der Waals surface area contributed by atoms with Crippen LogP contribution in [0.25, 0.3) is 0 Å². The molecule has 1 unspecified atom stereocenters. The van der Waals surface area contributed by atoms with Crippen LogP contribution in [-0.2, 0) is 7.05 Å². The summed E-state index contributed by atoms with van der Waals surface area (Å²) in [6.07, 6.45) is 2.03. The number of aromatic nitrogens is 2. The van der Waals surface area contributed by atoms with Crippen LogP contribution in [0.2, 0.25) is 5.02 Å². The average molecular weight is 329 g/mol. The van der Waals surface area contributed by atoms with E-state index in [1.807, 2.05) is 43.0 Å². The Morgan fingerprint density at radius 2 is 2.17 bits per heavy atom. The first-order chi connectivity index (χ1) is 8.49. The van der Waals surface area contributed by atoms with E-state index < -0.39 is 0 Å². The van der Waals surface area contributed by atoms with Crippen molar-refractivity contribution in [1.29, 1.82) is 0 Å². The van der Waals surface area contributed by atoms with Crippen molar-refractivity contribution in [3.8, 4) is 0 Å². The Morgan fingerprint density at radius 3 is 2.78 bits per heavy atom. The molecule has 1 aromatic heterocycles. The molecule has 3 nitrogen and oxygen atoms in total. The minimum atomic E-state index is 0.175. The third-order valence-corrected chi connectivity index (χ3v) is 4.24. The molecular weight excluding hydrogens is 314 g/mol. The van der Waals surface area contributed by atoms with Gasteiger partial charge in [-0.25, -0.2) is 0 Å². The van der Waals surface area contributed by atoms with E-state index in [0.717, 1.165) is 15.9 Å². The number of nitrogens with one attached hydrogen (secondary N) is 1. The van der Waals surface area contributed by atoms with Gasteiger partial charge in [0.1, 0.15) is 0 Å². The highest BCUT2D eigenvalue weighted by Gasteiger charge is 2.13. The lowest BCUT2D eigenvalue weighted by atomic mass is 10.1. The van der Waals surface area contributed by atoms with E-state index >= 15 is 0 Å². The Balaban J connectivity index is 2.24. The van der Waals surface area contributed by atoms with Gasteiger partial charge >= 0.3 is 0 Å². The van der Waals surface area contributed by atoms with Gasteiger partial charge in [-0.1, -0.05) is 17.7 Å². The number of rotatable bonds is 3. The van der Waals surface area contributed by atoms with Crippen LogP contribution < -0.4 is 5.32 Å². The maximum Gasteiger partial charge on any atom is 0.0646 e. The Labute approximate surface area is 120 Å². The SMILES string of the molecule is Cc1nn(C)cc1C(C)Nc1cccc(Cl)c1Br. The fourth-order valence-corrected chi connectivity index (χ4v) is 2.52. The van der Waals surface area contributed by atoms with E-state index in [1.165, 1.54) is 5.56 Å². The summed E-state index contributed by atoms with van der Waals surface area (Å²) >= 11 is 9.57. The van der Waals surface area contributed by atoms with E-state index in [9.17, 15) is 0 Å². The lowest BCUT2D eigenvalue weighted by Gasteiger charge is -2.16. The Morgan fingerprint density at radius 1 is 1.44 bits per heavy atom. The second-order valence-electron chi connectivity index (χ2n) is 4.31. The molecule has 5 heteroatoms. The van der Waals surface area contributed by atoms with E-state index in [2.05, 4.69) is 33.3 Å². The van der Waals surface area contributed by atoms with Gasteiger partial charge in [0.15, 0.2) is 0 Å². The highest BCUT2D eigenvalue weighted by atomic mass is 79.9. The first-order valence-electron chi connectivity index (χ1n) is 5.69. The van der Waals surface area contributed by atoms with E-state index in [4.69, 9.17) is 11.6 Å². The highest BCUT2D eigenvalue weighted by molar-refractivity contribution is 9.10. The fourth-order valence-electron chi connectivity index (χ4n) is 1.97. The van der Waals surface area contributed by atoms with E-state index in [-0.39, 0.29) is 6.04 Å².